The van der Waals surface area contributed by atoms with Gasteiger partial charge < -0.3 is 9.64 Å². The Bertz CT molecular complexity index is 1040. The van der Waals surface area contributed by atoms with Crippen LogP contribution in [0.1, 0.15) is 6.92 Å². The first-order chi connectivity index (χ1) is 13.7. The van der Waals surface area contributed by atoms with Gasteiger partial charge in [-0.2, -0.15) is 0 Å². The van der Waals surface area contributed by atoms with Gasteiger partial charge in [-0.15, -0.1) is 11.3 Å². The second-order valence-electron chi connectivity index (χ2n) is 6.42. The first kappa shape index (κ1) is 19.2. The summed E-state index contributed by atoms with van der Waals surface area (Å²) in [6, 6.07) is 11.9. The molecule has 146 valence electrons. The van der Waals surface area contributed by atoms with Crippen LogP contribution in [0.25, 0.3) is 20.7 Å². The number of nitrogens with zero attached hydrogens (tertiary/aromatic N) is 3. The van der Waals surface area contributed by atoms with E-state index in [4.69, 9.17) is 9.72 Å². The maximum absolute atomic E-state index is 13.0. The second-order valence-corrected chi connectivity index (χ2v) is 8.39. The molecule has 0 aliphatic carbocycles. The van der Waals surface area contributed by atoms with Crippen LogP contribution in [0.4, 0.5) is 0 Å². The fraction of sp³-hybridized carbons (Fsp3) is 0.350. The van der Waals surface area contributed by atoms with E-state index in [1.165, 1.54) is 23.1 Å². The molecular formula is C20H21N3O3S2. The van der Waals surface area contributed by atoms with E-state index >= 15 is 0 Å². The number of morpholine rings is 1. The molecule has 1 aliphatic heterocycles. The number of thiophene rings is 1. The summed E-state index contributed by atoms with van der Waals surface area (Å²) in [5.74, 6) is 0.330. The zero-order valence-corrected chi connectivity index (χ0v) is 17.2. The monoisotopic (exact) mass is 415 g/mol. The number of rotatable bonds is 5. The zero-order valence-electron chi connectivity index (χ0n) is 15.6. The maximum atomic E-state index is 13.0. The summed E-state index contributed by atoms with van der Waals surface area (Å²) < 4.78 is 6.95. The Morgan fingerprint density at radius 1 is 1.25 bits per heavy atom. The molecule has 1 aliphatic rings. The van der Waals surface area contributed by atoms with E-state index in [1.807, 2.05) is 48.2 Å². The Morgan fingerprint density at radius 3 is 2.71 bits per heavy atom. The van der Waals surface area contributed by atoms with Crippen LogP contribution >= 0.6 is 23.1 Å². The predicted octanol–water partition coefficient (Wildman–Crippen LogP) is 3.10. The van der Waals surface area contributed by atoms with Crippen molar-refractivity contribution in [2.75, 3.05) is 32.1 Å². The molecule has 1 fully saturated rings. The molecule has 8 heteroatoms. The predicted molar refractivity (Wildman–Crippen MR) is 113 cm³/mol. The minimum absolute atomic E-state index is 0.0488. The van der Waals surface area contributed by atoms with Gasteiger partial charge in [0, 0.05) is 24.5 Å². The second kappa shape index (κ2) is 8.46. The van der Waals surface area contributed by atoms with Gasteiger partial charge in [-0.3, -0.25) is 14.2 Å². The average Bonchev–Trinajstić information content (AvgIpc) is 3.18. The highest BCUT2D eigenvalue weighted by Crippen LogP contribution is 2.32. The molecule has 0 spiro atoms. The van der Waals surface area contributed by atoms with Crippen molar-refractivity contribution in [3.05, 3.63) is 46.8 Å². The molecule has 0 saturated carbocycles. The number of hydrogen-bond acceptors (Lipinski definition) is 6. The standard InChI is InChI=1S/C20H21N3O3S2/c1-2-23-19(25)15-12-16(14-6-4-3-5-7-14)28-18(15)21-20(23)27-13-17(24)22-8-10-26-11-9-22/h3-7,12H,2,8-11,13H2,1H3. The van der Waals surface area contributed by atoms with Crippen molar-refractivity contribution in [1.82, 2.24) is 14.5 Å². The Labute approximate surface area is 171 Å². The Morgan fingerprint density at radius 2 is 2.00 bits per heavy atom. The maximum Gasteiger partial charge on any atom is 0.262 e. The number of benzene rings is 1. The van der Waals surface area contributed by atoms with Crippen molar-refractivity contribution in [3.63, 3.8) is 0 Å². The van der Waals surface area contributed by atoms with Crippen LogP contribution in [0.3, 0.4) is 0 Å². The number of hydrogen-bond donors (Lipinski definition) is 0. The fourth-order valence-electron chi connectivity index (χ4n) is 3.16. The summed E-state index contributed by atoms with van der Waals surface area (Å²) in [6.07, 6.45) is 0. The van der Waals surface area contributed by atoms with Gasteiger partial charge in [-0.05, 0) is 18.6 Å². The molecule has 0 radical (unpaired) electrons. The number of fused-ring (bicyclic) bond motifs is 1. The van der Waals surface area contributed by atoms with E-state index in [0.717, 1.165) is 15.3 Å². The third-order valence-corrected chi connectivity index (χ3v) is 6.72. The van der Waals surface area contributed by atoms with E-state index in [1.54, 1.807) is 4.57 Å². The van der Waals surface area contributed by atoms with Gasteiger partial charge in [0.25, 0.3) is 5.56 Å². The lowest BCUT2D eigenvalue weighted by Gasteiger charge is -2.26. The molecule has 0 atom stereocenters. The topological polar surface area (TPSA) is 64.4 Å². The number of aromatic nitrogens is 2. The summed E-state index contributed by atoms with van der Waals surface area (Å²) in [5, 5.41) is 1.23. The molecule has 0 bridgehead atoms. The van der Waals surface area contributed by atoms with Crippen LogP contribution in [0.2, 0.25) is 0 Å². The Balaban J connectivity index is 1.62. The third-order valence-electron chi connectivity index (χ3n) is 4.68. The van der Waals surface area contributed by atoms with Crippen molar-refractivity contribution in [2.45, 2.75) is 18.6 Å². The summed E-state index contributed by atoms with van der Waals surface area (Å²) in [7, 11) is 0. The third kappa shape index (κ3) is 3.85. The normalized spacial score (nSPS) is 14.5. The lowest BCUT2D eigenvalue weighted by Crippen LogP contribution is -2.41. The first-order valence-electron chi connectivity index (χ1n) is 9.25. The van der Waals surface area contributed by atoms with E-state index in [2.05, 4.69) is 0 Å². The summed E-state index contributed by atoms with van der Waals surface area (Å²) in [4.78, 5) is 33.7. The molecular weight excluding hydrogens is 394 g/mol. The molecule has 3 heterocycles. The number of thioether (sulfide) groups is 1. The molecule has 1 amide bonds. The zero-order chi connectivity index (χ0) is 19.5. The number of carbonyl (C=O) groups is 1. The molecule has 1 saturated heterocycles. The van der Waals surface area contributed by atoms with Crippen LogP contribution in [0, 0.1) is 0 Å². The summed E-state index contributed by atoms with van der Waals surface area (Å²) in [6.45, 7) is 4.85. The van der Waals surface area contributed by atoms with Crippen LogP contribution in [-0.4, -0.2) is 52.4 Å². The highest BCUT2D eigenvalue weighted by molar-refractivity contribution is 7.99. The van der Waals surface area contributed by atoms with Gasteiger partial charge in [0.1, 0.15) is 4.83 Å². The molecule has 6 nitrogen and oxygen atoms in total. The van der Waals surface area contributed by atoms with Crippen molar-refractivity contribution >= 4 is 39.2 Å². The van der Waals surface area contributed by atoms with Gasteiger partial charge in [0.2, 0.25) is 5.91 Å². The minimum Gasteiger partial charge on any atom is -0.378 e. The summed E-state index contributed by atoms with van der Waals surface area (Å²) in [5.41, 5.74) is 1.02. The molecule has 2 aromatic heterocycles. The van der Waals surface area contributed by atoms with Gasteiger partial charge in [0.05, 0.1) is 24.4 Å². The molecule has 3 aromatic rings. The highest BCUT2D eigenvalue weighted by Gasteiger charge is 2.19. The molecule has 0 N–H and O–H groups in total. The Hall–Kier alpha value is -2.16. The van der Waals surface area contributed by atoms with Crippen LogP contribution in [0.5, 0.6) is 0 Å². The van der Waals surface area contributed by atoms with E-state index in [9.17, 15) is 9.59 Å². The fourth-order valence-corrected chi connectivity index (χ4v) is 5.21. The summed E-state index contributed by atoms with van der Waals surface area (Å²) >= 11 is 2.84. The average molecular weight is 416 g/mol. The lowest BCUT2D eigenvalue weighted by molar-refractivity contribution is -0.132. The van der Waals surface area contributed by atoms with Crippen molar-refractivity contribution in [3.8, 4) is 10.4 Å². The van der Waals surface area contributed by atoms with E-state index in [-0.39, 0.29) is 17.2 Å². The smallest absolute Gasteiger partial charge is 0.262 e. The Kier molecular flexibility index (Phi) is 5.79. The quantitative estimate of drug-likeness (QED) is 0.473. The molecule has 4 rings (SSSR count). The molecule has 1 aromatic carbocycles. The van der Waals surface area contributed by atoms with Crippen LogP contribution < -0.4 is 5.56 Å². The van der Waals surface area contributed by atoms with Crippen LogP contribution in [-0.2, 0) is 16.1 Å². The van der Waals surface area contributed by atoms with Gasteiger partial charge in [-0.1, -0.05) is 42.1 Å². The number of carbonyl (C=O) groups excluding carboxylic acids is 1. The van der Waals surface area contributed by atoms with Crippen LogP contribution in [0.15, 0.2) is 46.3 Å². The van der Waals surface area contributed by atoms with Crippen molar-refractivity contribution in [2.24, 2.45) is 0 Å². The number of ether oxygens (including phenoxy) is 1. The molecule has 28 heavy (non-hydrogen) atoms. The van der Waals surface area contributed by atoms with Crippen molar-refractivity contribution < 1.29 is 9.53 Å². The first-order valence-corrected chi connectivity index (χ1v) is 11.1. The molecule has 0 unspecified atom stereocenters. The lowest BCUT2D eigenvalue weighted by atomic mass is 10.2. The highest BCUT2D eigenvalue weighted by atomic mass is 32.2. The van der Waals surface area contributed by atoms with Crippen molar-refractivity contribution in [1.29, 1.82) is 0 Å². The largest absolute Gasteiger partial charge is 0.378 e. The van der Waals surface area contributed by atoms with Gasteiger partial charge >= 0.3 is 0 Å². The number of amides is 1. The van der Waals surface area contributed by atoms with E-state index < -0.39 is 0 Å². The minimum atomic E-state index is -0.0488. The van der Waals surface area contributed by atoms with Gasteiger partial charge in [-0.25, -0.2) is 4.98 Å². The van der Waals surface area contributed by atoms with Gasteiger partial charge in [0.15, 0.2) is 5.16 Å². The SMILES string of the molecule is CCn1c(SCC(=O)N2CCOCC2)nc2sc(-c3ccccc3)cc2c1=O. The van der Waals surface area contributed by atoms with E-state index in [0.29, 0.717) is 43.4 Å².